The van der Waals surface area contributed by atoms with Crippen LogP contribution in [-0.4, -0.2) is 38.0 Å². The van der Waals surface area contributed by atoms with Crippen LogP contribution in [0, 0.1) is 10.8 Å². The summed E-state index contributed by atoms with van der Waals surface area (Å²) in [6.45, 7) is 13.7. The van der Waals surface area contributed by atoms with E-state index in [-0.39, 0.29) is 17.4 Å². The molecular weight excluding hydrogens is 204 g/mol. The molecule has 0 aliphatic rings. The van der Waals surface area contributed by atoms with Crippen LogP contribution in [-0.2, 0) is 4.74 Å². The Morgan fingerprint density at radius 1 is 1.00 bits per heavy atom. The second kappa shape index (κ2) is 7.22. The summed E-state index contributed by atoms with van der Waals surface area (Å²) in [5.74, 6) is 0. The van der Waals surface area contributed by atoms with Crippen LogP contribution in [0.1, 0.15) is 34.6 Å². The van der Waals surface area contributed by atoms with Crippen molar-refractivity contribution in [3.8, 4) is 0 Å². The Morgan fingerprint density at radius 3 is 1.94 bits per heavy atom. The molecule has 0 aromatic rings. The van der Waals surface area contributed by atoms with E-state index in [0.717, 1.165) is 26.3 Å². The van der Waals surface area contributed by atoms with Crippen molar-refractivity contribution in [1.29, 1.82) is 0 Å². The normalized spacial score (nSPS) is 13.1. The number of hydrogen-bond donors (Lipinski definition) is 3. The van der Waals surface area contributed by atoms with Gasteiger partial charge in [-0.15, -0.1) is 0 Å². The van der Waals surface area contributed by atoms with Crippen LogP contribution in [0.25, 0.3) is 0 Å². The number of ether oxygens (including phenoxy) is 1. The zero-order valence-electron chi connectivity index (χ0n) is 11.4. The van der Waals surface area contributed by atoms with Crippen molar-refractivity contribution >= 4 is 0 Å². The fourth-order valence-corrected chi connectivity index (χ4v) is 1.09. The first-order valence-electron chi connectivity index (χ1n) is 5.97. The predicted molar refractivity (Wildman–Crippen MR) is 67.1 cm³/mol. The van der Waals surface area contributed by atoms with E-state index in [1.165, 1.54) is 0 Å². The highest BCUT2D eigenvalue weighted by molar-refractivity contribution is 4.72. The average molecular weight is 232 g/mol. The van der Waals surface area contributed by atoms with Crippen LogP contribution in [0.4, 0.5) is 0 Å². The van der Waals surface area contributed by atoms with Crippen LogP contribution < -0.4 is 10.9 Å². The third kappa shape index (κ3) is 8.05. The third-order valence-corrected chi connectivity index (χ3v) is 2.38. The van der Waals surface area contributed by atoms with Crippen LogP contribution in [0.2, 0.25) is 0 Å². The smallest absolute Gasteiger partial charge is 0.0529 e. The van der Waals surface area contributed by atoms with Gasteiger partial charge in [0.15, 0.2) is 0 Å². The van der Waals surface area contributed by atoms with E-state index in [9.17, 15) is 0 Å². The quantitative estimate of drug-likeness (QED) is 0.412. The lowest BCUT2D eigenvalue weighted by molar-refractivity contribution is 0.0669. The van der Waals surface area contributed by atoms with Gasteiger partial charge in [0, 0.05) is 37.1 Å². The minimum Gasteiger partial charge on any atom is -0.396 e. The number of hydrogen-bond acceptors (Lipinski definition) is 4. The lowest BCUT2D eigenvalue weighted by Gasteiger charge is -2.27. The Morgan fingerprint density at radius 2 is 1.50 bits per heavy atom. The number of aliphatic hydroxyl groups is 1. The van der Waals surface area contributed by atoms with Crippen LogP contribution in [0.3, 0.4) is 0 Å². The first-order chi connectivity index (χ1) is 7.33. The minimum atomic E-state index is -0.0862. The van der Waals surface area contributed by atoms with Crippen molar-refractivity contribution in [2.24, 2.45) is 10.8 Å². The maximum atomic E-state index is 9.08. The molecule has 4 heteroatoms. The molecule has 0 aromatic carbocycles. The van der Waals surface area contributed by atoms with Crippen molar-refractivity contribution in [3.63, 3.8) is 0 Å². The molecule has 0 spiro atoms. The zero-order chi connectivity index (χ0) is 12.7. The van der Waals surface area contributed by atoms with Crippen molar-refractivity contribution in [1.82, 2.24) is 10.9 Å². The summed E-state index contributed by atoms with van der Waals surface area (Å²) in [5, 5.41) is 9.08. The summed E-state index contributed by atoms with van der Waals surface area (Å²) in [6, 6.07) is 0. The monoisotopic (exact) mass is 232 g/mol. The fraction of sp³-hybridized carbons (Fsp3) is 1.00. The Hall–Kier alpha value is -0.160. The molecule has 0 atom stereocenters. The van der Waals surface area contributed by atoms with Gasteiger partial charge in [-0.1, -0.05) is 27.7 Å². The molecule has 0 rings (SSSR count). The van der Waals surface area contributed by atoms with Gasteiger partial charge in [-0.2, -0.15) is 0 Å². The molecule has 0 aliphatic heterocycles. The highest BCUT2D eigenvalue weighted by atomic mass is 16.5. The largest absolute Gasteiger partial charge is 0.396 e. The van der Waals surface area contributed by atoms with Gasteiger partial charge >= 0.3 is 0 Å². The molecule has 0 saturated heterocycles. The topological polar surface area (TPSA) is 53.5 Å². The van der Waals surface area contributed by atoms with Crippen molar-refractivity contribution in [2.45, 2.75) is 34.6 Å². The average Bonchev–Trinajstić information content (AvgIpc) is 2.22. The number of nitrogens with one attached hydrogen (secondary N) is 2. The maximum absolute atomic E-state index is 9.08. The molecule has 0 bridgehead atoms. The molecule has 0 aliphatic carbocycles. The minimum absolute atomic E-state index is 0.0862. The van der Waals surface area contributed by atoms with E-state index in [0.29, 0.717) is 0 Å². The summed E-state index contributed by atoms with van der Waals surface area (Å²) < 4.78 is 5.41. The molecule has 0 saturated carbocycles. The standard InChI is InChI=1S/C12H28N2O2/c1-6-16-10-12(4,5)8-14-13-7-11(2,3)9-15/h13-15H,6-10H2,1-5H3. The van der Waals surface area contributed by atoms with Crippen molar-refractivity contribution < 1.29 is 9.84 Å². The highest BCUT2D eigenvalue weighted by Crippen LogP contribution is 2.14. The van der Waals surface area contributed by atoms with E-state index in [1.54, 1.807) is 0 Å². The van der Waals surface area contributed by atoms with Gasteiger partial charge in [-0.3, -0.25) is 10.9 Å². The molecule has 0 aromatic heterocycles. The molecule has 98 valence electrons. The molecule has 0 unspecified atom stereocenters. The van der Waals surface area contributed by atoms with Gasteiger partial charge in [0.2, 0.25) is 0 Å². The molecule has 3 N–H and O–H groups in total. The van der Waals surface area contributed by atoms with Crippen LogP contribution in [0.5, 0.6) is 0 Å². The Labute approximate surface area is 99.7 Å². The van der Waals surface area contributed by atoms with Gasteiger partial charge in [0.25, 0.3) is 0 Å². The van der Waals surface area contributed by atoms with E-state index in [2.05, 4.69) is 24.7 Å². The molecule has 0 heterocycles. The summed E-state index contributed by atoms with van der Waals surface area (Å²) in [5.41, 5.74) is 6.36. The molecule has 0 amide bonds. The fourth-order valence-electron chi connectivity index (χ4n) is 1.09. The number of hydrazine groups is 1. The molecule has 0 radical (unpaired) electrons. The summed E-state index contributed by atoms with van der Waals surface area (Å²) in [6.07, 6.45) is 0. The maximum Gasteiger partial charge on any atom is 0.0529 e. The molecule has 4 nitrogen and oxygen atoms in total. The SMILES string of the molecule is CCOCC(C)(C)CNNCC(C)(C)CO. The predicted octanol–water partition coefficient (Wildman–Crippen LogP) is 1.16. The second-order valence-corrected chi connectivity index (χ2v) is 5.83. The zero-order valence-corrected chi connectivity index (χ0v) is 11.4. The van der Waals surface area contributed by atoms with E-state index >= 15 is 0 Å². The van der Waals surface area contributed by atoms with E-state index in [1.807, 2.05) is 20.8 Å². The van der Waals surface area contributed by atoms with Crippen LogP contribution in [0.15, 0.2) is 0 Å². The number of rotatable bonds is 9. The Bertz CT molecular complexity index is 182. The third-order valence-electron chi connectivity index (χ3n) is 2.38. The van der Waals surface area contributed by atoms with Gasteiger partial charge in [-0.25, -0.2) is 0 Å². The van der Waals surface area contributed by atoms with Crippen molar-refractivity contribution in [3.05, 3.63) is 0 Å². The van der Waals surface area contributed by atoms with Crippen molar-refractivity contribution in [2.75, 3.05) is 32.9 Å². The second-order valence-electron chi connectivity index (χ2n) is 5.83. The van der Waals surface area contributed by atoms with Gasteiger partial charge in [0.1, 0.15) is 0 Å². The van der Waals surface area contributed by atoms with E-state index in [4.69, 9.17) is 9.84 Å². The van der Waals surface area contributed by atoms with Gasteiger partial charge in [0.05, 0.1) is 6.61 Å². The van der Waals surface area contributed by atoms with Gasteiger partial charge in [-0.05, 0) is 6.92 Å². The van der Waals surface area contributed by atoms with Crippen LogP contribution >= 0.6 is 0 Å². The summed E-state index contributed by atoms with van der Waals surface area (Å²) >= 11 is 0. The molecular formula is C12H28N2O2. The Kier molecular flexibility index (Phi) is 7.15. The first kappa shape index (κ1) is 15.8. The number of aliphatic hydroxyl groups excluding tert-OH is 1. The first-order valence-corrected chi connectivity index (χ1v) is 5.97. The molecule has 16 heavy (non-hydrogen) atoms. The van der Waals surface area contributed by atoms with Gasteiger partial charge < -0.3 is 9.84 Å². The lowest BCUT2D eigenvalue weighted by Crippen LogP contribution is -2.45. The summed E-state index contributed by atoms with van der Waals surface area (Å²) in [7, 11) is 0. The van der Waals surface area contributed by atoms with E-state index < -0.39 is 0 Å². The highest BCUT2D eigenvalue weighted by Gasteiger charge is 2.19. The lowest BCUT2D eigenvalue weighted by atomic mass is 9.94. The Balaban J connectivity index is 3.64. The summed E-state index contributed by atoms with van der Waals surface area (Å²) in [4.78, 5) is 0. The molecule has 0 fully saturated rings.